The van der Waals surface area contributed by atoms with E-state index >= 15 is 0 Å². The van der Waals surface area contributed by atoms with Gasteiger partial charge in [-0.15, -0.1) is 0 Å². The van der Waals surface area contributed by atoms with Crippen LogP contribution in [0.3, 0.4) is 0 Å². The molecule has 1 aromatic heterocycles. The SMILES string of the molecule is CC(C)Cn1cc(C(=O)NC(C)C)c(=O)c(C(=O)NC(C)c2ccc(F)cc2)c1. The van der Waals surface area contributed by atoms with Crippen molar-refractivity contribution in [3.8, 4) is 0 Å². The summed E-state index contributed by atoms with van der Waals surface area (Å²) >= 11 is 0. The van der Waals surface area contributed by atoms with Gasteiger partial charge in [0.25, 0.3) is 11.8 Å². The number of nitrogens with one attached hydrogen (secondary N) is 2. The first kappa shape index (κ1) is 22.3. The third-order valence-electron chi connectivity index (χ3n) is 4.28. The molecule has 0 bridgehead atoms. The monoisotopic (exact) mass is 401 g/mol. The summed E-state index contributed by atoms with van der Waals surface area (Å²) in [5.74, 6) is -1.20. The molecule has 0 spiro atoms. The number of halogens is 1. The van der Waals surface area contributed by atoms with Crippen molar-refractivity contribution in [2.45, 2.75) is 53.2 Å². The minimum atomic E-state index is -0.619. The molecule has 6 nitrogen and oxygen atoms in total. The molecule has 156 valence electrons. The Morgan fingerprint density at radius 1 is 0.931 bits per heavy atom. The van der Waals surface area contributed by atoms with E-state index in [0.717, 1.165) is 0 Å². The molecule has 2 rings (SSSR count). The van der Waals surface area contributed by atoms with Crippen LogP contribution in [0.25, 0.3) is 0 Å². The fourth-order valence-electron chi connectivity index (χ4n) is 2.93. The van der Waals surface area contributed by atoms with Gasteiger partial charge in [0.1, 0.15) is 16.9 Å². The van der Waals surface area contributed by atoms with Crippen LogP contribution in [0.2, 0.25) is 0 Å². The molecule has 29 heavy (non-hydrogen) atoms. The van der Waals surface area contributed by atoms with Crippen LogP contribution in [-0.2, 0) is 6.54 Å². The van der Waals surface area contributed by atoms with Crippen LogP contribution < -0.4 is 16.1 Å². The first-order valence-corrected chi connectivity index (χ1v) is 9.69. The van der Waals surface area contributed by atoms with Crippen LogP contribution in [0, 0.1) is 11.7 Å². The smallest absolute Gasteiger partial charge is 0.257 e. The summed E-state index contributed by atoms with van der Waals surface area (Å²) in [6.07, 6.45) is 2.96. The number of carbonyl (C=O) groups is 2. The topological polar surface area (TPSA) is 80.2 Å². The Kier molecular flexibility index (Phi) is 7.31. The molecule has 0 fully saturated rings. The fraction of sp³-hybridized carbons (Fsp3) is 0.409. The Morgan fingerprint density at radius 3 is 1.93 bits per heavy atom. The van der Waals surface area contributed by atoms with Gasteiger partial charge in [-0.3, -0.25) is 14.4 Å². The molecule has 2 aromatic rings. The Hall–Kier alpha value is -2.96. The maximum atomic E-state index is 13.1. The van der Waals surface area contributed by atoms with Gasteiger partial charge in [0.05, 0.1) is 6.04 Å². The van der Waals surface area contributed by atoms with Crippen molar-refractivity contribution in [1.29, 1.82) is 0 Å². The second-order valence-corrected chi connectivity index (χ2v) is 7.88. The van der Waals surface area contributed by atoms with E-state index in [-0.39, 0.29) is 28.9 Å². The highest BCUT2D eigenvalue weighted by atomic mass is 19.1. The molecule has 0 saturated carbocycles. The number of hydrogen-bond donors (Lipinski definition) is 2. The van der Waals surface area contributed by atoms with Crippen LogP contribution in [0.1, 0.15) is 66.9 Å². The van der Waals surface area contributed by atoms with Gasteiger partial charge >= 0.3 is 0 Å². The summed E-state index contributed by atoms with van der Waals surface area (Å²) in [4.78, 5) is 38.1. The number of pyridine rings is 1. The third kappa shape index (κ3) is 6.01. The summed E-state index contributed by atoms with van der Waals surface area (Å²) in [7, 11) is 0. The van der Waals surface area contributed by atoms with Crippen LogP contribution in [0.15, 0.2) is 41.5 Å². The summed E-state index contributed by atoms with van der Waals surface area (Å²) in [6, 6.07) is 5.19. The van der Waals surface area contributed by atoms with Crippen molar-refractivity contribution in [3.05, 3.63) is 69.4 Å². The molecular formula is C22H28FN3O3. The number of hydrogen-bond acceptors (Lipinski definition) is 3. The predicted octanol–water partition coefficient (Wildman–Crippen LogP) is 3.27. The number of carbonyl (C=O) groups excluding carboxylic acids is 2. The highest BCUT2D eigenvalue weighted by molar-refractivity contribution is 5.99. The Morgan fingerprint density at radius 2 is 1.45 bits per heavy atom. The molecule has 1 unspecified atom stereocenters. The van der Waals surface area contributed by atoms with Gasteiger partial charge in [0.15, 0.2) is 0 Å². The maximum absolute atomic E-state index is 13.1. The number of aromatic nitrogens is 1. The van der Waals surface area contributed by atoms with Gasteiger partial charge in [-0.1, -0.05) is 26.0 Å². The van der Waals surface area contributed by atoms with Crippen LogP contribution in [-0.4, -0.2) is 22.4 Å². The number of nitrogens with zero attached hydrogens (tertiary/aromatic N) is 1. The van der Waals surface area contributed by atoms with Gasteiger partial charge in [-0.25, -0.2) is 4.39 Å². The van der Waals surface area contributed by atoms with Crippen LogP contribution in [0.4, 0.5) is 4.39 Å². The molecule has 0 aliphatic carbocycles. The lowest BCUT2D eigenvalue weighted by molar-refractivity contribution is 0.0937. The molecule has 0 aliphatic heterocycles. The number of amides is 2. The molecule has 1 aromatic carbocycles. The molecular weight excluding hydrogens is 373 g/mol. The number of benzene rings is 1. The molecule has 0 aliphatic rings. The van der Waals surface area contributed by atoms with Crippen molar-refractivity contribution in [3.63, 3.8) is 0 Å². The zero-order valence-corrected chi connectivity index (χ0v) is 17.5. The van der Waals surface area contributed by atoms with E-state index in [9.17, 15) is 18.8 Å². The molecule has 0 radical (unpaired) electrons. The van der Waals surface area contributed by atoms with E-state index in [1.165, 1.54) is 24.5 Å². The lowest BCUT2D eigenvalue weighted by Gasteiger charge is -2.17. The van der Waals surface area contributed by atoms with E-state index in [1.54, 1.807) is 37.5 Å². The van der Waals surface area contributed by atoms with Gasteiger partial charge in [-0.2, -0.15) is 0 Å². The van der Waals surface area contributed by atoms with Crippen molar-refractivity contribution in [2.75, 3.05) is 0 Å². The Labute approximate surface area is 170 Å². The fourth-order valence-corrected chi connectivity index (χ4v) is 2.93. The van der Waals surface area contributed by atoms with Gasteiger partial charge < -0.3 is 15.2 Å². The highest BCUT2D eigenvalue weighted by Gasteiger charge is 2.21. The van der Waals surface area contributed by atoms with E-state index < -0.39 is 23.3 Å². The first-order chi connectivity index (χ1) is 13.6. The zero-order chi connectivity index (χ0) is 21.7. The van der Waals surface area contributed by atoms with E-state index in [2.05, 4.69) is 10.6 Å². The normalized spacial score (nSPS) is 12.1. The lowest BCUT2D eigenvalue weighted by atomic mass is 10.1. The summed E-state index contributed by atoms with van der Waals surface area (Å²) in [5, 5.41) is 5.45. The predicted molar refractivity (Wildman–Crippen MR) is 110 cm³/mol. The Balaban J connectivity index is 2.38. The summed E-state index contributed by atoms with van der Waals surface area (Å²) in [5.41, 5.74) is -0.0830. The summed E-state index contributed by atoms with van der Waals surface area (Å²) in [6.45, 7) is 9.89. The molecule has 2 amide bonds. The minimum Gasteiger partial charge on any atom is -0.352 e. The molecule has 2 N–H and O–H groups in total. The lowest BCUT2D eigenvalue weighted by Crippen LogP contribution is -2.38. The summed E-state index contributed by atoms with van der Waals surface area (Å²) < 4.78 is 14.8. The van der Waals surface area contributed by atoms with Crippen LogP contribution >= 0.6 is 0 Å². The van der Waals surface area contributed by atoms with Crippen LogP contribution in [0.5, 0.6) is 0 Å². The van der Waals surface area contributed by atoms with E-state index in [0.29, 0.717) is 12.1 Å². The maximum Gasteiger partial charge on any atom is 0.257 e. The average Bonchev–Trinajstić information content (AvgIpc) is 2.62. The van der Waals surface area contributed by atoms with Gasteiger partial charge in [-0.05, 0) is 44.4 Å². The standard InChI is InChI=1S/C22H28FN3O3/c1-13(2)10-26-11-18(21(28)24-14(3)4)20(27)19(12-26)22(29)25-15(5)16-6-8-17(23)9-7-16/h6-9,11-15H,10H2,1-5H3,(H,24,28)(H,25,29). The quantitative estimate of drug-likeness (QED) is 0.747. The van der Waals surface area contributed by atoms with E-state index in [4.69, 9.17) is 0 Å². The second kappa shape index (κ2) is 9.49. The van der Waals surface area contributed by atoms with Crippen molar-refractivity contribution in [2.24, 2.45) is 5.92 Å². The molecule has 0 saturated heterocycles. The van der Waals surface area contributed by atoms with Crippen molar-refractivity contribution in [1.82, 2.24) is 15.2 Å². The first-order valence-electron chi connectivity index (χ1n) is 9.69. The average molecular weight is 401 g/mol. The largest absolute Gasteiger partial charge is 0.352 e. The Bertz CT molecular complexity index is 933. The molecule has 1 atom stereocenters. The van der Waals surface area contributed by atoms with Crippen molar-refractivity contribution >= 4 is 11.8 Å². The van der Waals surface area contributed by atoms with Gasteiger partial charge in [0.2, 0.25) is 5.43 Å². The molecule has 7 heteroatoms. The minimum absolute atomic E-state index is 0.0681. The molecule has 1 heterocycles. The van der Waals surface area contributed by atoms with Gasteiger partial charge in [0, 0.05) is 25.0 Å². The third-order valence-corrected chi connectivity index (χ3v) is 4.28. The second-order valence-electron chi connectivity index (χ2n) is 7.88. The van der Waals surface area contributed by atoms with E-state index in [1.807, 2.05) is 13.8 Å². The zero-order valence-electron chi connectivity index (χ0n) is 17.5. The van der Waals surface area contributed by atoms with Crippen molar-refractivity contribution < 1.29 is 14.0 Å². The highest BCUT2D eigenvalue weighted by Crippen LogP contribution is 2.14. The number of rotatable bonds is 7.